The lowest BCUT2D eigenvalue weighted by Gasteiger charge is -2.25. The fourth-order valence-corrected chi connectivity index (χ4v) is 4.65. The first-order valence-electron chi connectivity index (χ1n) is 8.92. The molecule has 0 radical (unpaired) electrons. The van der Waals surface area contributed by atoms with Crippen LogP contribution in [-0.4, -0.2) is 50.5 Å². The molecule has 1 atom stereocenters. The lowest BCUT2D eigenvalue weighted by atomic mass is 10.1. The minimum atomic E-state index is -3.44. The van der Waals surface area contributed by atoms with Crippen molar-refractivity contribution in [1.82, 2.24) is 4.31 Å². The van der Waals surface area contributed by atoms with Crippen molar-refractivity contribution in [3.05, 3.63) is 29.8 Å². The number of aryl methyl sites for hydroxylation is 1. The van der Waals surface area contributed by atoms with Crippen LogP contribution in [0.2, 0.25) is 0 Å². The highest BCUT2D eigenvalue weighted by Crippen LogP contribution is 2.21. The molecule has 7 nitrogen and oxygen atoms in total. The van der Waals surface area contributed by atoms with Crippen molar-refractivity contribution < 1.29 is 27.5 Å². The Labute approximate surface area is 153 Å². The summed E-state index contributed by atoms with van der Waals surface area (Å²) in [4.78, 5) is 23.4. The molecule has 0 aliphatic carbocycles. The molecule has 2 aliphatic rings. The van der Waals surface area contributed by atoms with Gasteiger partial charge in [-0.25, -0.2) is 13.2 Å². The molecule has 0 bridgehead atoms. The molecule has 1 aromatic carbocycles. The number of rotatable bonds is 6. The molecular weight excluding hydrogens is 358 g/mol. The van der Waals surface area contributed by atoms with Crippen LogP contribution in [-0.2, 0) is 35.5 Å². The van der Waals surface area contributed by atoms with Crippen LogP contribution < -0.4 is 0 Å². The first-order valence-corrected chi connectivity index (χ1v) is 10.4. The number of piperidine rings is 1. The second-order valence-corrected chi connectivity index (χ2v) is 8.48. The Bertz CT molecular complexity index is 752. The maximum absolute atomic E-state index is 12.6. The van der Waals surface area contributed by atoms with Crippen LogP contribution in [0.15, 0.2) is 29.2 Å². The molecule has 0 unspecified atom stereocenters. The standard InChI is InChI=1S/C18H23NO6S/c20-17(25-16-10-13-24-18(16)21)9-6-14-4-7-15(8-5-14)26(22,23)19-11-2-1-3-12-19/h4-5,7-8,16H,1-3,6,9-13H2/t16-/m0/s1. The van der Waals surface area contributed by atoms with Crippen LogP contribution in [0.1, 0.15) is 37.7 Å². The van der Waals surface area contributed by atoms with Gasteiger partial charge in [-0.05, 0) is 37.0 Å². The second-order valence-electron chi connectivity index (χ2n) is 6.54. The van der Waals surface area contributed by atoms with Gasteiger partial charge in [0.15, 0.2) is 0 Å². The summed E-state index contributed by atoms with van der Waals surface area (Å²) < 4.78 is 36.6. The topological polar surface area (TPSA) is 90.0 Å². The van der Waals surface area contributed by atoms with Gasteiger partial charge in [0.05, 0.1) is 11.5 Å². The number of ether oxygens (including phenoxy) is 2. The van der Waals surface area contributed by atoms with Crippen LogP contribution in [0, 0.1) is 0 Å². The predicted molar refractivity (Wildman–Crippen MR) is 92.8 cm³/mol. The SMILES string of the molecule is O=C(CCc1ccc(S(=O)(=O)N2CCCCC2)cc1)O[C@H]1CCOC1=O. The highest BCUT2D eigenvalue weighted by molar-refractivity contribution is 7.89. The van der Waals surface area contributed by atoms with Crippen molar-refractivity contribution in [1.29, 1.82) is 0 Å². The summed E-state index contributed by atoms with van der Waals surface area (Å²) in [7, 11) is -3.44. The Balaban J connectivity index is 1.54. The summed E-state index contributed by atoms with van der Waals surface area (Å²) in [6, 6.07) is 6.60. The van der Waals surface area contributed by atoms with Gasteiger partial charge in [-0.3, -0.25) is 4.79 Å². The van der Waals surface area contributed by atoms with Gasteiger partial charge in [-0.2, -0.15) is 4.31 Å². The van der Waals surface area contributed by atoms with Crippen LogP contribution >= 0.6 is 0 Å². The molecule has 2 heterocycles. The number of cyclic esters (lactones) is 1. The van der Waals surface area contributed by atoms with Crippen molar-refractivity contribution in [3.8, 4) is 0 Å². The summed E-state index contributed by atoms with van der Waals surface area (Å²) in [5.41, 5.74) is 0.841. The normalized spacial score (nSPS) is 21.4. The van der Waals surface area contributed by atoms with E-state index in [1.807, 2.05) is 0 Å². The van der Waals surface area contributed by atoms with Gasteiger partial charge in [-0.15, -0.1) is 0 Å². The molecule has 26 heavy (non-hydrogen) atoms. The molecule has 3 rings (SSSR count). The third-order valence-electron chi connectivity index (χ3n) is 4.65. The van der Waals surface area contributed by atoms with Crippen LogP contribution in [0.4, 0.5) is 0 Å². The van der Waals surface area contributed by atoms with Gasteiger partial charge in [-0.1, -0.05) is 18.6 Å². The van der Waals surface area contributed by atoms with Crippen LogP contribution in [0.25, 0.3) is 0 Å². The van der Waals surface area contributed by atoms with E-state index in [2.05, 4.69) is 0 Å². The summed E-state index contributed by atoms with van der Waals surface area (Å²) in [6.45, 7) is 1.42. The molecule has 0 amide bonds. The largest absolute Gasteiger partial charge is 0.463 e. The van der Waals surface area contributed by atoms with Gasteiger partial charge in [0.2, 0.25) is 16.1 Å². The summed E-state index contributed by atoms with van der Waals surface area (Å²) in [6.07, 6.45) is 3.02. The Kier molecular flexibility index (Phi) is 5.93. The Morgan fingerprint density at radius 3 is 2.46 bits per heavy atom. The number of carbonyl (C=O) groups is 2. The lowest BCUT2D eigenvalue weighted by molar-refractivity contribution is -0.160. The number of esters is 2. The highest BCUT2D eigenvalue weighted by atomic mass is 32.2. The van der Waals surface area contributed by atoms with E-state index < -0.39 is 28.1 Å². The van der Waals surface area contributed by atoms with E-state index in [0.29, 0.717) is 25.9 Å². The third-order valence-corrected chi connectivity index (χ3v) is 6.57. The van der Waals surface area contributed by atoms with E-state index in [4.69, 9.17) is 9.47 Å². The van der Waals surface area contributed by atoms with E-state index in [-0.39, 0.29) is 17.9 Å². The average Bonchev–Trinajstić information content (AvgIpc) is 3.06. The minimum absolute atomic E-state index is 0.127. The molecule has 2 aliphatic heterocycles. The van der Waals surface area contributed by atoms with E-state index in [9.17, 15) is 18.0 Å². The first-order chi connectivity index (χ1) is 12.5. The zero-order chi connectivity index (χ0) is 18.6. The number of benzene rings is 1. The number of carbonyl (C=O) groups excluding carboxylic acids is 2. The van der Waals surface area contributed by atoms with Gasteiger partial charge in [0, 0.05) is 25.9 Å². The molecule has 0 aromatic heterocycles. The maximum atomic E-state index is 12.6. The predicted octanol–water partition coefficient (Wildman–Crippen LogP) is 1.65. The molecule has 142 valence electrons. The van der Waals surface area contributed by atoms with E-state index in [1.54, 1.807) is 24.3 Å². The molecule has 1 aromatic rings. The van der Waals surface area contributed by atoms with Crippen molar-refractivity contribution >= 4 is 22.0 Å². The van der Waals surface area contributed by atoms with Crippen molar-refractivity contribution in [2.75, 3.05) is 19.7 Å². The van der Waals surface area contributed by atoms with E-state index in [0.717, 1.165) is 24.8 Å². The molecule has 2 saturated heterocycles. The number of hydrogen-bond acceptors (Lipinski definition) is 6. The molecule has 2 fully saturated rings. The quantitative estimate of drug-likeness (QED) is 0.696. The molecule has 0 N–H and O–H groups in total. The Hall–Kier alpha value is -1.93. The lowest BCUT2D eigenvalue weighted by Crippen LogP contribution is -2.35. The Morgan fingerprint density at radius 2 is 1.85 bits per heavy atom. The molecule has 8 heteroatoms. The van der Waals surface area contributed by atoms with Crippen molar-refractivity contribution in [2.45, 2.75) is 49.5 Å². The monoisotopic (exact) mass is 381 g/mol. The highest BCUT2D eigenvalue weighted by Gasteiger charge is 2.30. The van der Waals surface area contributed by atoms with Crippen molar-refractivity contribution in [3.63, 3.8) is 0 Å². The van der Waals surface area contributed by atoms with Gasteiger partial charge < -0.3 is 9.47 Å². The number of sulfonamides is 1. The number of nitrogens with zero attached hydrogens (tertiary/aromatic N) is 1. The smallest absolute Gasteiger partial charge is 0.347 e. The molecule has 0 saturated carbocycles. The fourth-order valence-electron chi connectivity index (χ4n) is 3.13. The van der Waals surface area contributed by atoms with Crippen molar-refractivity contribution in [2.24, 2.45) is 0 Å². The third kappa shape index (κ3) is 4.42. The van der Waals surface area contributed by atoms with Crippen LogP contribution in [0.5, 0.6) is 0 Å². The van der Waals surface area contributed by atoms with Gasteiger partial charge in [0.25, 0.3) is 0 Å². The van der Waals surface area contributed by atoms with Crippen LogP contribution in [0.3, 0.4) is 0 Å². The zero-order valence-electron chi connectivity index (χ0n) is 14.6. The summed E-state index contributed by atoms with van der Waals surface area (Å²) >= 11 is 0. The number of hydrogen-bond donors (Lipinski definition) is 0. The minimum Gasteiger partial charge on any atom is -0.463 e. The van der Waals surface area contributed by atoms with Gasteiger partial charge in [0.1, 0.15) is 0 Å². The summed E-state index contributed by atoms with van der Waals surface area (Å²) in [5.74, 6) is -0.954. The first kappa shape index (κ1) is 18.8. The zero-order valence-corrected chi connectivity index (χ0v) is 15.4. The molecule has 0 spiro atoms. The second kappa shape index (κ2) is 8.18. The average molecular weight is 381 g/mol. The Morgan fingerprint density at radius 1 is 1.15 bits per heavy atom. The van der Waals surface area contributed by atoms with Gasteiger partial charge >= 0.3 is 11.9 Å². The fraction of sp³-hybridized carbons (Fsp3) is 0.556. The van der Waals surface area contributed by atoms with E-state index >= 15 is 0 Å². The molecular formula is C18H23NO6S. The van der Waals surface area contributed by atoms with E-state index in [1.165, 1.54) is 4.31 Å². The maximum Gasteiger partial charge on any atom is 0.347 e. The summed E-state index contributed by atoms with van der Waals surface area (Å²) in [5, 5.41) is 0.